The molecule has 0 atom stereocenters. The van der Waals surface area contributed by atoms with Crippen molar-refractivity contribution in [3.8, 4) is 11.5 Å². The van der Waals surface area contributed by atoms with E-state index in [0.717, 1.165) is 18.2 Å². The number of alkyl halides is 4. The van der Waals surface area contributed by atoms with E-state index in [2.05, 4.69) is 4.74 Å². The zero-order valence-electron chi connectivity index (χ0n) is 6.81. The summed E-state index contributed by atoms with van der Waals surface area (Å²) in [6, 6.07) is 3.15. The van der Waals surface area contributed by atoms with Crippen LogP contribution in [0.4, 0.5) is 13.2 Å². The second-order valence-electron chi connectivity index (χ2n) is 2.47. The number of hydrogen-bond donors (Lipinski definition) is 1. The zero-order valence-corrected chi connectivity index (χ0v) is 7.56. The molecule has 14 heavy (non-hydrogen) atoms. The van der Waals surface area contributed by atoms with Crippen LogP contribution in [0.5, 0.6) is 11.5 Å². The van der Waals surface area contributed by atoms with Crippen LogP contribution in [-0.4, -0.2) is 11.5 Å². The smallest absolute Gasteiger partial charge is 0.508 e. The van der Waals surface area contributed by atoms with Crippen molar-refractivity contribution in [2.75, 3.05) is 0 Å². The van der Waals surface area contributed by atoms with Gasteiger partial charge in [0.25, 0.3) is 0 Å². The highest BCUT2D eigenvalue weighted by Gasteiger charge is 2.31. The van der Waals surface area contributed by atoms with E-state index in [1.807, 2.05) is 0 Å². The lowest BCUT2D eigenvalue weighted by Crippen LogP contribution is -2.17. The molecule has 0 heterocycles. The first-order valence-electron chi connectivity index (χ1n) is 3.56. The van der Waals surface area contributed by atoms with Gasteiger partial charge in [-0.05, 0) is 18.2 Å². The van der Waals surface area contributed by atoms with Gasteiger partial charge in [-0.25, -0.2) is 0 Å². The normalized spacial score (nSPS) is 11.4. The third-order valence-electron chi connectivity index (χ3n) is 1.43. The second-order valence-corrected chi connectivity index (χ2v) is 2.74. The molecule has 0 amide bonds. The summed E-state index contributed by atoms with van der Waals surface area (Å²) in [6.07, 6.45) is -4.74. The van der Waals surface area contributed by atoms with Gasteiger partial charge in [0.05, 0.1) is 5.88 Å². The molecule has 0 unspecified atom stereocenters. The van der Waals surface area contributed by atoms with Crippen LogP contribution in [-0.2, 0) is 5.88 Å². The third kappa shape index (κ3) is 2.99. The number of hydrogen-bond acceptors (Lipinski definition) is 2. The van der Waals surface area contributed by atoms with E-state index in [1.54, 1.807) is 0 Å². The second kappa shape index (κ2) is 3.96. The molecule has 1 N–H and O–H groups in total. The Kier molecular flexibility index (Phi) is 3.10. The molecule has 1 aromatic carbocycles. The molecule has 0 aliphatic rings. The predicted octanol–water partition coefficient (Wildman–Crippen LogP) is 3.03. The van der Waals surface area contributed by atoms with Crippen molar-refractivity contribution in [3.63, 3.8) is 0 Å². The summed E-state index contributed by atoms with van der Waals surface area (Å²) >= 11 is 5.38. The molecule has 0 aliphatic heterocycles. The first-order chi connectivity index (χ1) is 6.42. The molecule has 0 aliphatic carbocycles. The fourth-order valence-corrected chi connectivity index (χ4v) is 1.08. The SMILES string of the molecule is Oc1ccc(OC(F)(F)F)cc1CCl. The van der Waals surface area contributed by atoms with Gasteiger partial charge in [0.2, 0.25) is 0 Å². The van der Waals surface area contributed by atoms with Crippen molar-refractivity contribution in [1.82, 2.24) is 0 Å². The Bertz CT molecular complexity index is 325. The molecule has 0 bridgehead atoms. The van der Waals surface area contributed by atoms with Crippen molar-refractivity contribution in [2.45, 2.75) is 12.2 Å². The third-order valence-corrected chi connectivity index (χ3v) is 1.72. The van der Waals surface area contributed by atoms with E-state index >= 15 is 0 Å². The van der Waals surface area contributed by atoms with E-state index in [1.165, 1.54) is 0 Å². The molecule has 6 heteroatoms. The first kappa shape index (κ1) is 11.0. The first-order valence-corrected chi connectivity index (χ1v) is 4.09. The largest absolute Gasteiger partial charge is 0.573 e. The summed E-state index contributed by atoms with van der Waals surface area (Å²) in [5.74, 6) is -0.638. The number of phenols is 1. The van der Waals surface area contributed by atoms with Crippen LogP contribution < -0.4 is 4.74 Å². The van der Waals surface area contributed by atoms with Crippen LogP contribution in [0, 0.1) is 0 Å². The topological polar surface area (TPSA) is 29.5 Å². The highest BCUT2D eigenvalue weighted by atomic mass is 35.5. The highest BCUT2D eigenvalue weighted by molar-refractivity contribution is 6.17. The fraction of sp³-hybridized carbons (Fsp3) is 0.250. The van der Waals surface area contributed by atoms with Gasteiger partial charge in [-0.15, -0.1) is 24.8 Å². The van der Waals surface area contributed by atoms with Crippen molar-refractivity contribution >= 4 is 11.6 Å². The number of phenolic OH excluding ortho intramolecular Hbond substituents is 1. The molecule has 0 fully saturated rings. The molecule has 0 saturated carbocycles. The molecule has 78 valence electrons. The van der Waals surface area contributed by atoms with Gasteiger partial charge < -0.3 is 9.84 Å². The lowest BCUT2D eigenvalue weighted by Gasteiger charge is -2.09. The Balaban J connectivity index is 2.90. The van der Waals surface area contributed by atoms with E-state index in [-0.39, 0.29) is 17.2 Å². The van der Waals surface area contributed by atoms with Gasteiger partial charge >= 0.3 is 6.36 Å². The zero-order chi connectivity index (χ0) is 10.8. The van der Waals surface area contributed by atoms with E-state index < -0.39 is 12.1 Å². The van der Waals surface area contributed by atoms with Crippen molar-refractivity contribution < 1.29 is 23.0 Å². The van der Waals surface area contributed by atoms with E-state index in [9.17, 15) is 13.2 Å². The average Bonchev–Trinajstić information content (AvgIpc) is 2.06. The monoisotopic (exact) mass is 226 g/mol. The minimum absolute atomic E-state index is 0.0824. The molecule has 0 aromatic heterocycles. The lowest BCUT2D eigenvalue weighted by atomic mass is 10.2. The maximum absolute atomic E-state index is 11.8. The van der Waals surface area contributed by atoms with Crippen molar-refractivity contribution in [1.29, 1.82) is 0 Å². The Morgan fingerprint density at radius 2 is 2.00 bits per heavy atom. The molecular weight excluding hydrogens is 221 g/mol. The lowest BCUT2D eigenvalue weighted by molar-refractivity contribution is -0.274. The molecule has 0 spiro atoms. The Morgan fingerprint density at radius 3 is 2.50 bits per heavy atom. The number of aromatic hydroxyl groups is 1. The minimum Gasteiger partial charge on any atom is -0.508 e. The van der Waals surface area contributed by atoms with Crippen LogP contribution in [0.15, 0.2) is 18.2 Å². The molecule has 1 rings (SSSR count). The van der Waals surface area contributed by atoms with Gasteiger partial charge in [0, 0.05) is 5.56 Å². The summed E-state index contributed by atoms with van der Waals surface area (Å²) in [7, 11) is 0. The van der Waals surface area contributed by atoms with E-state index in [0.29, 0.717) is 0 Å². The maximum atomic E-state index is 11.8. The Morgan fingerprint density at radius 1 is 1.36 bits per heavy atom. The summed E-state index contributed by atoms with van der Waals surface area (Å²) in [6.45, 7) is 0. The quantitative estimate of drug-likeness (QED) is 0.786. The van der Waals surface area contributed by atoms with Gasteiger partial charge in [-0.1, -0.05) is 0 Å². The molecule has 2 nitrogen and oxygen atoms in total. The predicted molar refractivity (Wildman–Crippen MR) is 44.3 cm³/mol. The fourth-order valence-electron chi connectivity index (χ4n) is 0.866. The van der Waals surface area contributed by atoms with Crippen molar-refractivity contribution in [3.05, 3.63) is 23.8 Å². The van der Waals surface area contributed by atoms with Crippen LogP contribution in [0.1, 0.15) is 5.56 Å². The van der Waals surface area contributed by atoms with Gasteiger partial charge in [-0.3, -0.25) is 0 Å². The molecule has 1 aromatic rings. The molecule has 0 saturated heterocycles. The maximum Gasteiger partial charge on any atom is 0.573 e. The van der Waals surface area contributed by atoms with Gasteiger partial charge in [0.1, 0.15) is 11.5 Å². The standard InChI is InChI=1S/C8H6ClF3O2/c9-4-5-3-6(1-2-7(5)13)14-8(10,11)12/h1-3,13H,4H2. The summed E-state index contributed by atoms with van der Waals surface area (Å²) in [5, 5.41) is 9.11. The highest BCUT2D eigenvalue weighted by Crippen LogP contribution is 2.28. The summed E-state index contributed by atoms with van der Waals surface area (Å²) < 4.78 is 38.9. The Labute approximate surface area is 82.9 Å². The Hall–Kier alpha value is -1.10. The number of ether oxygens (including phenoxy) is 1. The number of halogens is 4. The summed E-state index contributed by atoms with van der Waals surface area (Å²) in [5.41, 5.74) is 0.188. The van der Waals surface area contributed by atoms with Crippen LogP contribution in [0.25, 0.3) is 0 Å². The van der Waals surface area contributed by atoms with E-state index in [4.69, 9.17) is 16.7 Å². The van der Waals surface area contributed by atoms with Crippen LogP contribution >= 0.6 is 11.6 Å². The molecule has 0 radical (unpaired) electrons. The minimum atomic E-state index is -4.74. The van der Waals surface area contributed by atoms with Gasteiger partial charge in [0.15, 0.2) is 0 Å². The van der Waals surface area contributed by atoms with Gasteiger partial charge in [-0.2, -0.15) is 0 Å². The number of rotatable bonds is 2. The number of benzene rings is 1. The molecular formula is C8H6ClF3O2. The van der Waals surface area contributed by atoms with Crippen LogP contribution in [0.2, 0.25) is 0 Å². The average molecular weight is 227 g/mol. The van der Waals surface area contributed by atoms with Crippen LogP contribution in [0.3, 0.4) is 0 Å². The van der Waals surface area contributed by atoms with Crippen molar-refractivity contribution in [2.24, 2.45) is 0 Å². The summed E-state index contributed by atoms with van der Waals surface area (Å²) in [4.78, 5) is 0.